The van der Waals surface area contributed by atoms with Crippen LogP contribution in [0, 0.1) is 0 Å². The largest absolute Gasteiger partial charge is 0.480 e. The van der Waals surface area contributed by atoms with Crippen LogP contribution in [0.4, 0.5) is 10.5 Å². The summed E-state index contributed by atoms with van der Waals surface area (Å²) in [6.07, 6.45) is 3.33. The molecule has 1 aromatic rings. The zero-order valence-electron chi connectivity index (χ0n) is 9.35. The number of carbonyl (C=O) groups is 2. The van der Waals surface area contributed by atoms with Crippen molar-refractivity contribution in [3.63, 3.8) is 0 Å². The molecule has 0 saturated carbocycles. The lowest BCUT2D eigenvalue weighted by atomic mass is 10.2. The van der Waals surface area contributed by atoms with Crippen LogP contribution >= 0.6 is 0 Å². The van der Waals surface area contributed by atoms with Crippen molar-refractivity contribution < 1.29 is 19.8 Å². The van der Waals surface area contributed by atoms with Crippen LogP contribution in [0.25, 0.3) is 0 Å². The Kier molecular flexibility index (Phi) is 3.38. The summed E-state index contributed by atoms with van der Waals surface area (Å²) in [5.41, 5.74) is 0.369. The number of carboxylic acid groups (broad SMARTS) is 1. The van der Waals surface area contributed by atoms with Gasteiger partial charge >= 0.3 is 12.0 Å². The Morgan fingerprint density at radius 2 is 2.06 bits per heavy atom. The van der Waals surface area contributed by atoms with Crippen molar-refractivity contribution in [2.45, 2.75) is 18.6 Å². The molecule has 1 fully saturated rings. The maximum Gasteiger partial charge on any atom is 0.326 e. The molecule has 2 atom stereocenters. The van der Waals surface area contributed by atoms with Gasteiger partial charge in [0.25, 0.3) is 0 Å². The van der Waals surface area contributed by atoms with Crippen molar-refractivity contribution in [1.82, 2.24) is 14.9 Å². The molecule has 18 heavy (non-hydrogen) atoms. The molecule has 1 aliphatic heterocycles. The molecule has 8 nitrogen and oxygen atoms in total. The topological polar surface area (TPSA) is 116 Å². The Hall–Kier alpha value is -2.22. The second-order valence-corrected chi connectivity index (χ2v) is 3.95. The average molecular weight is 252 g/mol. The number of carboxylic acids is 1. The molecule has 0 spiro atoms. The number of amides is 2. The second kappa shape index (κ2) is 4.96. The third-order valence-corrected chi connectivity index (χ3v) is 2.64. The van der Waals surface area contributed by atoms with Crippen LogP contribution in [-0.4, -0.2) is 55.8 Å². The third-order valence-electron chi connectivity index (χ3n) is 2.64. The Balaban J connectivity index is 2.06. The van der Waals surface area contributed by atoms with Crippen LogP contribution in [-0.2, 0) is 4.79 Å². The molecular formula is C10H12N4O4. The zero-order chi connectivity index (χ0) is 13.1. The molecule has 0 radical (unpaired) electrons. The van der Waals surface area contributed by atoms with E-state index in [1.165, 1.54) is 18.7 Å². The van der Waals surface area contributed by atoms with Crippen molar-refractivity contribution in [3.8, 4) is 0 Å². The highest BCUT2D eigenvalue weighted by atomic mass is 16.4. The first-order valence-electron chi connectivity index (χ1n) is 5.31. The number of hydrogen-bond acceptors (Lipinski definition) is 5. The van der Waals surface area contributed by atoms with Gasteiger partial charge < -0.3 is 20.4 Å². The summed E-state index contributed by atoms with van der Waals surface area (Å²) in [6, 6.07) is -1.60. The van der Waals surface area contributed by atoms with Gasteiger partial charge in [-0.3, -0.25) is 0 Å². The molecule has 0 bridgehead atoms. The molecule has 2 heterocycles. The highest BCUT2D eigenvalue weighted by Gasteiger charge is 2.38. The van der Waals surface area contributed by atoms with Crippen molar-refractivity contribution in [3.05, 3.63) is 18.7 Å². The number of likely N-dealkylation sites (tertiary alicyclic amines) is 1. The highest BCUT2D eigenvalue weighted by molar-refractivity contribution is 5.92. The number of aromatic nitrogens is 2. The number of rotatable bonds is 2. The summed E-state index contributed by atoms with van der Waals surface area (Å²) >= 11 is 0. The summed E-state index contributed by atoms with van der Waals surface area (Å²) in [5.74, 6) is -1.13. The summed E-state index contributed by atoms with van der Waals surface area (Å²) < 4.78 is 0. The lowest BCUT2D eigenvalue weighted by Gasteiger charge is -2.21. The average Bonchev–Trinajstić information content (AvgIpc) is 2.73. The molecule has 3 N–H and O–H groups in total. The molecule has 96 valence electrons. The molecule has 2 rings (SSSR count). The van der Waals surface area contributed by atoms with Gasteiger partial charge in [-0.25, -0.2) is 19.6 Å². The quantitative estimate of drug-likeness (QED) is 0.655. The van der Waals surface area contributed by atoms with E-state index < -0.39 is 24.1 Å². The SMILES string of the molecule is O=C(O)[C@@H]1CC(O)CN1C(=O)Nc1cncnc1. The van der Waals surface area contributed by atoms with Gasteiger partial charge in [0, 0.05) is 13.0 Å². The fourth-order valence-electron chi connectivity index (χ4n) is 1.83. The zero-order valence-corrected chi connectivity index (χ0v) is 9.35. The fraction of sp³-hybridized carbons (Fsp3) is 0.400. The Morgan fingerprint density at radius 3 is 2.67 bits per heavy atom. The smallest absolute Gasteiger partial charge is 0.326 e. The predicted octanol–water partition coefficient (Wildman–Crippen LogP) is -0.472. The predicted molar refractivity (Wildman–Crippen MR) is 59.8 cm³/mol. The van der Waals surface area contributed by atoms with Gasteiger partial charge in [0.2, 0.25) is 0 Å². The minimum absolute atomic E-state index is 0.00348. The second-order valence-electron chi connectivity index (χ2n) is 3.95. The Bertz CT molecular complexity index is 452. The van der Waals surface area contributed by atoms with E-state index >= 15 is 0 Å². The van der Waals surface area contributed by atoms with Crippen molar-refractivity contribution in [2.24, 2.45) is 0 Å². The first kappa shape index (κ1) is 12.2. The molecule has 2 amide bonds. The number of aliphatic hydroxyl groups excluding tert-OH is 1. The molecular weight excluding hydrogens is 240 g/mol. The van der Waals surface area contributed by atoms with Gasteiger partial charge in [0.05, 0.1) is 24.2 Å². The summed E-state index contributed by atoms with van der Waals surface area (Å²) in [7, 11) is 0. The van der Waals surface area contributed by atoms with Crippen LogP contribution in [0.1, 0.15) is 6.42 Å². The maximum absolute atomic E-state index is 11.9. The lowest BCUT2D eigenvalue weighted by molar-refractivity contribution is -0.141. The van der Waals surface area contributed by atoms with Crippen LogP contribution in [0.5, 0.6) is 0 Å². The van der Waals surface area contributed by atoms with E-state index in [1.807, 2.05) is 0 Å². The van der Waals surface area contributed by atoms with E-state index in [2.05, 4.69) is 15.3 Å². The first-order chi connectivity index (χ1) is 8.58. The summed E-state index contributed by atoms with van der Waals surface area (Å²) in [6.45, 7) is -0.00348. The number of nitrogens with zero attached hydrogens (tertiary/aromatic N) is 3. The summed E-state index contributed by atoms with van der Waals surface area (Å²) in [5, 5.41) is 20.9. The van der Waals surface area contributed by atoms with Gasteiger partial charge in [-0.1, -0.05) is 0 Å². The van der Waals surface area contributed by atoms with E-state index in [0.29, 0.717) is 5.69 Å². The molecule has 0 aromatic carbocycles. The van der Waals surface area contributed by atoms with Gasteiger partial charge in [-0.05, 0) is 0 Å². The monoisotopic (exact) mass is 252 g/mol. The summed E-state index contributed by atoms with van der Waals surface area (Å²) in [4.78, 5) is 31.3. The molecule has 1 saturated heterocycles. The normalized spacial score (nSPS) is 22.8. The number of aliphatic hydroxyl groups is 1. The van der Waals surface area contributed by atoms with E-state index in [9.17, 15) is 14.7 Å². The third kappa shape index (κ3) is 2.54. The lowest BCUT2D eigenvalue weighted by Crippen LogP contribution is -2.43. The Morgan fingerprint density at radius 1 is 1.39 bits per heavy atom. The van der Waals surface area contributed by atoms with Crippen LogP contribution in [0.3, 0.4) is 0 Å². The number of aliphatic carboxylic acids is 1. The van der Waals surface area contributed by atoms with Crippen molar-refractivity contribution >= 4 is 17.7 Å². The number of β-amino-alcohol motifs (C(OH)–C–C–N with tert-alkyl or cyclic N) is 1. The standard InChI is InChI=1S/C10H12N4O4/c15-7-1-8(9(16)17)14(4-7)10(18)13-6-2-11-5-12-3-6/h2-3,5,7-8,15H,1,4H2,(H,13,18)(H,16,17)/t7?,8-/m0/s1. The molecule has 0 aliphatic carbocycles. The number of urea groups is 1. The van der Waals surface area contributed by atoms with Crippen LogP contribution < -0.4 is 5.32 Å². The fourth-order valence-corrected chi connectivity index (χ4v) is 1.83. The molecule has 8 heteroatoms. The van der Waals surface area contributed by atoms with Gasteiger partial charge in [-0.2, -0.15) is 0 Å². The maximum atomic E-state index is 11.9. The van der Waals surface area contributed by atoms with Crippen molar-refractivity contribution in [2.75, 3.05) is 11.9 Å². The van der Waals surface area contributed by atoms with E-state index in [4.69, 9.17) is 5.11 Å². The number of nitrogens with one attached hydrogen (secondary N) is 1. The Labute approximate surface area is 102 Å². The van der Waals surface area contributed by atoms with E-state index in [-0.39, 0.29) is 13.0 Å². The number of hydrogen-bond donors (Lipinski definition) is 3. The number of carbonyl (C=O) groups excluding carboxylic acids is 1. The van der Waals surface area contributed by atoms with Gasteiger partial charge in [0.15, 0.2) is 0 Å². The van der Waals surface area contributed by atoms with Gasteiger partial charge in [0.1, 0.15) is 12.4 Å². The highest BCUT2D eigenvalue weighted by Crippen LogP contribution is 2.19. The van der Waals surface area contributed by atoms with Crippen LogP contribution in [0.15, 0.2) is 18.7 Å². The van der Waals surface area contributed by atoms with Gasteiger partial charge in [-0.15, -0.1) is 0 Å². The molecule has 1 unspecified atom stereocenters. The van der Waals surface area contributed by atoms with E-state index in [1.54, 1.807) is 0 Å². The van der Waals surface area contributed by atoms with E-state index in [0.717, 1.165) is 4.90 Å². The number of anilines is 1. The first-order valence-corrected chi connectivity index (χ1v) is 5.31. The molecule has 1 aliphatic rings. The van der Waals surface area contributed by atoms with Crippen molar-refractivity contribution in [1.29, 1.82) is 0 Å². The molecule has 1 aromatic heterocycles. The minimum Gasteiger partial charge on any atom is -0.480 e. The van der Waals surface area contributed by atoms with Crippen LogP contribution in [0.2, 0.25) is 0 Å². The minimum atomic E-state index is -1.13.